The van der Waals surface area contributed by atoms with Crippen molar-refractivity contribution in [3.05, 3.63) is 28.2 Å². The predicted octanol–water partition coefficient (Wildman–Crippen LogP) is 1.53. The van der Waals surface area contributed by atoms with Gasteiger partial charge in [0, 0.05) is 29.3 Å². The van der Waals surface area contributed by atoms with E-state index < -0.39 is 9.84 Å². The fraction of sp³-hybridized carbons (Fsp3) is 0.500. The van der Waals surface area contributed by atoms with Gasteiger partial charge in [0.05, 0.1) is 11.5 Å². The summed E-state index contributed by atoms with van der Waals surface area (Å²) in [5.74, 6) is 0.455. The second kappa shape index (κ2) is 5.19. The topological polar surface area (TPSA) is 63.4 Å². The van der Waals surface area contributed by atoms with Gasteiger partial charge in [-0.1, -0.05) is 22.0 Å². The van der Waals surface area contributed by atoms with Crippen LogP contribution in [-0.2, 0) is 16.4 Å². The van der Waals surface area contributed by atoms with Gasteiger partial charge in [-0.05, 0) is 24.6 Å². The molecule has 1 aliphatic heterocycles. The Bertz CT molecular complexity index is 545. The number of nitrogens with two attached hydrogens (primary N) is 1. The minimum Gasteiger partial charge on any atom is -0.367 e. The summed E-state index contributed by atoms with van der Waals surface area (Å²) in [4.78, 5) is 2.13. The van der Waals surface area contributed by atoms with Crippen molar-refractivity contribution in [3.8, 4) is 0 Å². The summed E-state index contributed by atoms with van der Waals surface area (Å²) in [5.41, 5.74) is 7.71. The number of halogens is 1. The molecule has 0 aliphatic carbocycles. The van der Waals surface area contributed by atoms with Crippen LogP contribution in [0.2, 0.25) is 0 Å². The molecule has 0 saturated carbocycles. The predicted molar refractivity (Wildman–Crippen MR) is 77.5 cm³/mol. The second-order valence-electron chi connectivity index (χ2n) is 4.64. The SMILES string of the molecule is CC1CS(=O)(=O)CCN1c1ccc(CN)c(Br)c1. The molecule has 1 aliphatic rings. The number of anilines is 1. The third-order valence-electron chi connectivity index (χ3n) is 3.26. The quantitative estimate of drug-likeness (QED) is 0.892. The van der Waals surface area contributed by atoms with Gasteiger partial charge in [0.15, 0.2) is 9.84 Å². The lowest BCUT2D eigenvalue weighted by atomic mass is 10.1. The molecule has 0 radical (unpaired) electrons. The van der Waals surface area contributed by atoms with Crippen LogP contribution in [0.4, 0.5) is 5.69 Å². The molecule has 1 heterocycles. The Kier molecular flexibility index (Phi) is 3.99. The van der Waals surface area contributed by atoms with Crippen molar-refractivity contribution in [2.75, 3.05) is 23.0 Å². The van der Waals surface area contributed by atoms with Crippen molar-refractivity contribution >= 4 is 31.5 Å². The number of nitrogens with zero attached hydrogens (tertiary/aromatic N) is 1. The highest BCUT2D eigenvalue weighted by atomic mass is 79.9. The van der Waals surface area contributed by atoms with Crippen LogP contribution in [0.25, 0.3) is 0 Å². The Labute approximate surface area is 116 Å². The first-order valence-electron chi connectivity index (χ1n) is 5.88. The zero-order chi connectivity index (χ0) is 13.3. The van der Waals surface area contributed by atoms with Crippen molar-refractivity contribution < 1.29 is 8.42 Å². The van der Waals surface area contributed by atoms with Crippen LogP contribution in [0.3, 0.4) is 0 Å². The van der Waals surface area contributed by atoms with Gasteiger partial charge in [-0.25, -0.2) is 8.42 Å². The molecule has 1 saturated heterocycles. The van der Waals surface area contributed by atoms with Crippen molar-refractivity contribution in [1.29, 1.82) is 0 Å². The highest BCUT2D eigenvalue weighted by molar-refractivity contribution is 9.10. The van der Waals surface area contributed by atoms with E-state index in [0.29, 0.717) is 13.1 Å². The number of benzene rings is 1. The first kappa shape index (κ1) is 13.8. The smallest absolute Gasteiger partial charge is 0.154 e. The van der Waals surface area contributed by atoms with Crippen LogP contribution in [-0.4, -0.2) is 32.5 Å². The number of rotatable bonds is 2. The number of hydrogen-bond donors (Lipinski definition) is 1. The molecule has 0 amide bonds. The van der Waals surface area contributed by atoms with Gasteiger partial charge >= 0.3 is 0 Å². The summed E-state index contributed by atoms with van der Waals surface area (Å²) >= 11 is 3.49. The third kappa shape index (κ3) is 2.87. The van der Waals surface area contributed by atoms with Crippen LogP contribution in [0.15, 0.2) is 22.7 Å². The van der Waals surface area contributed by atoms with Gasteiger partial charge in [-0.3, -0.25) is 0 Å². The van der Waals surface area contributed by atoms with Crippen molar-refractivity contribution in [2.45, 2.75) is 19.5 Å². The van der Waals surface area contributed by atoms with Crippen LogP contribution in [0.1, 0.15) is 12.5 Å². The van der Waals surface area contributed by atoms with E-state index in [1.807, 2.05) is 25.1 Å². The van der Waals surface area contributed by atoms with E-state index in [1.165, 1.54) is 0 Å². The summed E-state index contributed by atoms with van der Waals surface area (Å²) in [7, 11) is -2.87. The second-order valence-corrected chi connectivity index (χ2v) is 7.72. The standard InChI is InChI=1S/C12H17BrN2O2S/c1-9-8-18(16,17)5-4-15(9)11-3-2-10(7-14)12(13)6-11/h2-3,6,9H,4-5,7-8,14H2,1H3. The summed E-state index contributed by atoms with van der Waals surface area (Å²) < 4.78 is 24.1. The average molecular weight is 333 g/mol. The van der Waals surface area contributed by atoms with E-state index in [9.17, 15) is 8.42 Å². The van der Waals surface area contributed by atoms with Gasteiger partial charge in [-0.15, -0.1) is 0 Å². The number of sulfone groups is 1. The first-order chi connectivity index (χ1) is 8.43. The van der Waals surface area contributed by atoms with Crippen molar-refractivity contribution in [3.63, 3.8) is 0 Å². The zero-order valence-corrected chi connectivity index (χ0v) is 12.7. The molecule has 1 aromatic carbocycles. The van der Waals surface area contributed by atoms with E-state index in [4.69, 9.17) is 5.73 Å². The maximum atomic E-state index is 11.6. The molecule has 0 bridgehead atoms. The molecular formula is C12H17BrN2O2S. The van der Waals surface area contributed by atoms with Gasteiger partial charge in [0.2, 0.25) is 0 Å². The lowest BCUT2D eigenvalue weighted by Crippen LogP contribution is -2.47. The molecular weight excluding hydrogens is 316 g/mol. The molecule has 1 unspecified atom stereocenters. The molecule has 100 valence electrons. The molecule has 2 N–H and O–H groups in total. The molecule has 0 spiro atoms. The van der Waals surface area contributed by atoms with Crippen LogP contribution in [0, 0.1) is 0 Å². The summed E-state index contributed by atoms with van der Waals surface area (Å²) in [6, 6.07) is 6.01. The van der Waals surface area contributed by atoms with Crippen LogP contribution in [0.5, 0.6) is 0 Å². The Morgan fingerprint density at radius 2 is 2.22 bits per heavy atom. The Morgan fingerprint density at radius 3 is 2.78 bits per heavy atom. The summed E-state index contributed by atoms with van der Waals surface area (Å²) in [5, 5.41) is 0. The molecule has 1 atom stereocenters. The summed E-state index contributed by atoms with van der Waals surface area (Å²) in [6.07, 6.45) is 0. The minimum atomic E-state index is -2.87. The van der Waals surface area contributed by atoms with Crippen molar-refractivity contribution in [2.24, 2.45) is 5.73 Å². The van der Waals surface area contributed by atoms with E-state index in [0.717, 1.165) is 15.7 Å². The van der Waals surface area contributed by atoms with E-state index in [-0.39, 0.29) is 17.5 Å². The molecule has 2 rings (SSSR count). The van der Waals surface area contributed by atoms with Crippen LogP contribution >= 0.6 is 15.9 Å². The first-order valence-corrected chi connectivity index (χ1v) is 8.50. The van der Waals surface area contributed by atoms with Crippen LogP contribution < -0.4 is 10.6 Å². The van der Waals surface area contributed by atoms with E-state index in [1.54, 1.807) is 0 Å². The lowest BCUT2D eigenvalue weighted by molar-refractivity contribution is 0.568. The minimum absolute atomic E-state index is 0.0133. The highest BCUT2D eigenvalue weighted by Gasteiger charge is 2.28. The lowest BCUT2D eigenvalue weighted by Gasteiger charge is -2.35. The zero-order valence-electron chi connectivity index (χ0n) is 10.3. The van der Waals surface area contributed by atoms with E-state index >= 15 is 0 Å². The van der Waals surface area contributed by atoms with Gasteiger partial charge in [-0.2, -0.15) is 0 Å². The van der Waals surface area contributed by atoms with Crippen molar-refractivity contribution in [1.82, 2.24) is 0 Å². The average Bonchev–Trinajstić information content (AvgIpc) is 2.27. The van der Waals surface area contributed by atoms with E-state index in [2.05, 4.69) is 20.8 Å². The van der Waals surface area contributed by atoms with Gasteiger partial charge in [0.1, 0.15) is 0 Å². The number of hydrogen-bond acceptors (Lipinski definition) is 4. The molecule has 6 heteroatoms. The molecule has 0 aromatic heterocycles. The largest absolute Gasteiger partial charge is 0.367 e. The Balaban J connectivity index is 2.25. The third-order valence-corrected chi connectivity index (χ3v) is 5.79. The molecule has 18 heavy (non-hydrogen) atoms. The van der Waals surface area contributed by atoms with Gasteiger partial charge in [0.25, 0.3) is 0 Å². The maximum Gasteiger partial charge on any atom is 0.154 e. The molecule has 4 nitrogen and oxygen atoms in total. The molecule has 1 fully saturated rings. The normalized spacial score (nSPS) is 23.1. The monoisotopic (exact) mass is 332 g/mol. The highest BCUT2D eigenvalue weighted by Crippen LogP contribution is 2.27. The fourth-order valence-corrected chi connectivity index (χ4v) is 4.35. The fourth-order valence-electron chi connectivity index (χ4n) is 2.26. The van der Waals surface area contributed by atoms with Gasteiger partial charge < -0.3 is 10.6 Å². The maximum absolute atomic E-state index is 11.6. The Morgan fingerprint density at radius 1 is 1.50 bits per heavy atom. The summed E-state index contributed by atoms with van der Waals surface area (Å²) in [6.45, 7) is 2.99. The Hall–Kier alpha value is -0.590. The molecule has 1 aromatic rings.